The van der Waals surface area contributed by atoms with Gasteiger partial charge in [-0.1, -0.05) is 127 Å². The minimum atomic E-state index is -0.0959. The van der Waals surface area contributed by atoms with Crippen molar-refractivity contribution < 1.29 is 4.74 Å². The van der Waals surface area contributed by atoms with Crippen LogP contribution in [-0.2, 0) is 10.9 Å². The molecule has 0 aromatic heterocycles. The van der Waals surface area contributed by atoms with Gasteiger partial charge >= 0.3 is 0 Å². The Labute approximate surface area is 224 Å². The van der Waals surface area contributed by atoms with Crippen molar-refractivity contribution in [2.45, 2.75) is 112 Å². The first kappa shape index (κ1) is 28.4. The van der Waals surface area contributed by atoms with Crippen molar-refractivity contribution in [3.63, 3.8) is 0 Å². The molecule has 3 aromatic rings. The summed E-state index contributed by atoms with van der Waals surface area (Å²) in [6.07, 6.45) is 19.4. The van der Waals surface area contributed by atoms with Gasteiger partial charge in [0.2, 0.25) is 0 Å². The zero-order valence-electron chi connectivity index (χ0n) is 22.5. The Hall–Kier alpha value is -2.19. The lowest BCUT2D eigenvalue weighted by Gasteiger charge is -2.10. The third kappa shape index (κ3) is 10.8. The lowest BCUT2D eigenvalue weighted by molar-refractivity contribution is 0.304. The highest BCUT2D eigenvalue weighted by molar-refractivity contribution is 7.97. The van der Waals surface area contributed by atoms with Gasteiger partial charge in [0.1, 0.15) is 5.75 Å². The van der Waals surface area contributed by atoms with E-state index in [0.717, 1.165) is 18.8 Å². The maximum absolute atomic E-state index is 6.06. The molecule has 3 rings (SSSR count). The fourth-order valence-electron chi connectivity index (χ4n) is 4.68. The highest BCUT2D eigenvalue weighted by Gasteiger charge is 2.28. The van der Waals surface area contributed by atoms with Crippen molar-refractivity contribution in [2.75, 3.05) is 6.61 Å². The normalized spacial score (nSPS) is 11.2. The average Bonchev–Trinajstić information content (AvgIpc) is 2.93. The number of unbranched alkanes of at least 4 members (excludes halogenated alkanes) is 13. The van der Waals surface area contributed by atoms with E-state index < -0.39 is 0 Å². The van der Waals surface area contributed by atoms with E-state index in [-0.39, 0.29) is 10.9 Å². The van der Waals surface area contributed by atoms with Gasteiger partial charge in [-0.15, -0.1) is 0 Å². The first-order valence-corrected chi connectivity index (χ1v) is 15.7. The molecule has 0 spiro atoms. The van der Waals surface area contributed by atoms with E-state index in [9.17, 15) is 0 Å². The number of rotatable bonds is 19. The van der Waals surface area contributed by atoms with E-state index >= 15 is 0 Å². The predicted octanol–water partition coefficient (Wildman–Crippen LogP) is 10.6. The van der Waals surface area contributed by atoms with Crippen molar-refractivity contribution in [1.82, 2.24) is 0 Å². The minimum Gasteiger partial charge on any atom is -0.494 e. The first-order valence-electron chi connectivity index (χ1n) is 14.5. The van der Waals surface area contributed by atoms with Crippen LogP contribution in [0.5, 0.6) is 5.75 Å². The summed E-state index contributed by atoms with van der Waals surface area (Å²) in [6.45, 7) is 3.11. The molecule has 0 aliphatic rings. The quantitative estimate of drug-likeness (QED) is 0.117. The fraction of sp³-hybridized carbons (Fsp3) is 0.471. The van der Waals surface area contributed by atoms with Crippen LogP contribution in [0.15, 0.2) is 99.6 Å². The molecule has 3 aromatic carbocycles. The van der Waals surface area contributed by atoms with Gasteiger partial charge in [0.15, 0.2) is 14.7 Å². The van der Waals surface area contributed by atoms with E-state index in [4.69, 9.17) is 4.74 Å². The van der Waals surface area contributed by atoms with E-state index in [1.807, 2.05) is 0 Å². The van der Waals surface area contributed by atoms with Crippen molar-refractivity contribution in [2.24, 2.45) is 0 Å². The van der Waals surface area contributed by atoms with Crippen molar-refractivity contribution in [3.8, 4) is 5.75 Å². The van der Waals surface area contributed by atoms with Gasteiger partial charge in [-0.05, 0) is 55.0 Å². The summed E-state index contributed by atoms with van der Waals surface area (Å²) in [6, 6.07) is 30.4. The summed E-state index contributed by atoms with van der Waals surface area (Å²) in [7, 11) is -0.0959. The second-order valence-electron chi connectivity index (χ2n) is 9.85. The summed E-state index contributed by atoms with van der Waals surface area (Å²) >= 11 is 0. The van der Waals surface area contributed by atoms with E-state index in [1.54, 1.807) is 0 Å². The van der Waals surface area contributed by atoms with Crippen molar-refractivity contribution in [3.05, 3.63) is 84.9 Å². The van der Waals surface area contributed by atoms with Gasteiger partial charge in [0, 0.05) is 0 Å². The Morgan fingerprint density at radius 1 is 0.444 bits per heavy atom. The Balaban J connectivity index is 1.29. The molecule has 0 saturated carbocycles. The third-order valence-corrected chi connectivity index (χ3v) is 9.01. The smallest absolute Gasteiger partial charge is 0.166 e. The average molecular weight is 504 g/mol. The molecule has 2 heteroatoms. The van der Waals surface area contributed by atoms with Crippen LogP contribution >= 0.6 is 0 Å². The summed E-state index contributed by atoms with van der Waals surface area (Å²) in [5, 5.41) is 0. The zero-order valence-corrected chi connectivity index (χ0v) is 23.3. The molecule has 0 aliphatic carbocycles. The van der Waals surface area contributed by atoms with Gasteiger partial charge in [0.25, 0.3) is 0 Å². The monoisotopic (exact) mass is 503 g/mol. The molecule has 1 nitrogen and oxygen atoms in total. The Morgan fingerprint density at radius 2 is 0.833 bits per heavy atom. The molecular weight excluding hydrogens is 456 g/mol. The van der Waals surface area contributed by atoms with Crippen LogP contribution in [0.25, 0.3) is 0 Å². The van der Waals surface area contributed by atoms with Crippen LogP contribution in [-0.4, -0.2) is 6.61 Å². The fourth-order valence-corrected chi connectivity index (χ4v) is 6.76. The first-order chi connectivity index (χ1) is 17.9. The molecule has 0 radical (unpaired) electrons. The molecule has 0 N–H and O–H groups in total. The molecule has 0 saturated heterocycles. The van der Waals surface area contributed by atoms with E-state index in [2.05, 4.69) is 91.9 Å². The van der Waals surface area contributed by atoms with Crippen LogP contribution < -0.4 is 4.74 Å². The van der Waals surface area contributed by atoms with Gasteiger partial charge < -0.3 is 4.74 Å². The minimum absolute atomic E-state index is 0.0959. The Bertz CT molecular complexity index is 867. The number of ether oxygens (including phenoxy) is 1. The van der Waals surface area contributed by atoms with E-state index in [0.29, 0.717) is 0 Å². The number of hydrogen-bond acceptors (Lipinski definition) is 1. The largest absolute Gasteiger partial charge is 0.494 e. The lowest BCUT2D eigenvalue weighted by Crippen LogP contribution is -2.04. The summed E-state index contributed by atoms with van der Waals surface area (Å²) in [5.74, 6) is 0.984. The molecule has 36 heavy (non-hydrogen) atoms. The highest BCUT2D eigenvalue weighted by Crippen LogP contribution is 2.31. The van der Waals surface area contributed by atoms with Gasteiger partial charge in [-0.2, -0.15) is 0 Å². The molecule has 0 fully saturated rings. The van der Waals surface area contributed by atoms with Crippen molar-refractivity contribution in [1.29, 1.82) is 0 Å². The molecule has 0 aliphatic heterocycles. The third-order valence-electron chi connectivity index (χ3n) is 6.78. The standard InChI is InChI=1S/C34H47OS/c1-2-3-4-5-6-7-8-9-10-11-12-13-14-21-30-35-31-26-28-34(29-27-31)36(32-22-17-15-18-23-32)33-24-19-16-20-25-33/h15-20,22-29H,2-14,21,30H2,1H3/q+1. The zero-order chi connectivity index (χ0) is 25.1. The maximum atomic E-state index is 6.06. The second kappa shape index (κ2) is 18.1. The van der Waals surface area contributed by atoms with Crippen LogP contribution in [0.1, 0.15) is 96.8 Å². The van der Waals surface area contributed by atoms with Crippen molar-refractivity contribution >= 4 is 10.9 Å². The molecule has 0 atom stereocenters. The SMILES string of the molecule is CCCCCCCCCCCCCCCCOc1ccc([S+](c2ccccc2)c2ccccc2)cc1. The number of benzene rings is 3. The number of hydrogen-bond donors (Lipinski definition) is 0. The van der Waals surface area contributed by atoms with Gasteiger partial charge in [0.05, 0.1) is 17.5 Å². The van der Waals surface area contributed by atoms with Gasteiger partial charge in [-0.25, -0.2) is 0 Å². The van der Waals surface area contributed by atoms with Gasteiger partial charge in [-0.3, -0.25) is 0 Å². The Kier molecular flexibility index (Phi) is 14.3. The maximum Gasteiger partial charge on any atom is 0.166 e. The molecule has 0 amide bonds. The van der Waals surface area contributed by atoms with Crippen LogP contribution in [0.3, 0.4) is 0 Å². The summed E-state index contributed by atoms with van der Waals surface area (Å²) < 4.78 is 6.06. The second-order valence-corrected chi connectivity index (χ2v) is 11.9. The molecule has 0 heterocycles. The predicted molar refractivity (Wildman–Crippen MR) is 157 cm³/mol. The van der Waals surface area contributed by atoms with Crippen LogP contribution in [0, 0.1) is 0 Å². The summed E-state index contributed by atoms with van der Waals surface area (Å²) in [5.41, 5.74) is 0. The molecule has 0 bridgehead atoms. The topological polar surface area (TPSA) is 9.23 Å². The lowest BCUT2D eigenvalue weighted by atomic mass is 10.0. The highest BCUT2D eigenvalue weighted by atomic mass is 32.2. The van der Waals surface area contributed by atoms with Crippen LogP contribution in [0.4, 0.5) is 0 Å². The molecule has 0 unspecified atom stereocenters. The van der Waals surface area contributed by atoms with Crippen LogP contribution in [0.2, 0.25) is 0 Å². The Morgan fingerprint density at radius 3 is 1.28 bits per heavy atom. The molecule has 194 valence electrons. The summed E-state index contributed by atoms with van der Waals surface area (Å²) in [4.78, 5) is 4.02. The molecular formula is C34H47OS+. The van der Waals surface area contributed by atoms with E-state index in [1.165, 1.54) is 98.2 Å².